The van der Waals surface area contributed by atoms with Gasteiger partial charge in [-0.1, -0.05) is 30.1 Å². The van der Waals surface area contributed by atoms with Gasteiger partial charge in [-0.3, -0.25) is 9.59 Å². The third kappa shape index (κ3) is 6.34. The van der Waals surface area contributed by atoms with Crippen molar-refractivity contribution in [3.63, 3.8) is 0 Å². The lowest BCUT2D eigenvalue weighted by molar-refractivity contribution is -0.137. The first-order valence-corrected chi connectivity index (χ1v) is 12.8. The van der Waals surface area contributed by atoms with Gasteiger partial charge in [-0.15, -0.1) is 11.3 Å². The van der Waals surface area contributed by atoms with Gasteiger partial charge >= 0.3 is 5.97 Å². The Hall–Kier alpha value is -1.31. The number of esters is 1. The summed E-state index contributed by atoms with van der Waals surface area (Å²) >= 11 is 9.35. The second kappa shape index (κ2) is 11.3. The van der Waals surface area contributed by atoms with Crippen LogP contribution in [0.3, 0.4) is 0 Å². The normalized spacial score (nSPS) is 22.9. The van der Waals surface area contributed by atoms with Crippen LogP contribution in [0.2, 0.25) is 4.34 Å². The second-order valence-corrected chi connectivity index (χ2v) is 10.7. The topological polar surface area (TPSA) is 65.0 Å². The summed E-state index contributed by atoms with van der Waals surface area (Å²) in [5.74, 6) is 3.05. The van der Waals surface area contributed by atoms with Crippen LogP contribution in [-0.4, -0.2) is 29.0 Å². The molecule has 0 aromatic carbocycles. The Morgan fingerprint density at radius 2 is 2.13 bits per heavy atom. The summed E-state index contributed by atoms with van der Waals surface area (Å²) in [4.78, 5) is 31.5. The maximum atomic E-state index is 13.2. The molecule has 1 aromatic heterocycles. The summed E-state index contributed by atoms with van der Waals surface area (Å²) in [6, 6.07) is 3.71. The maximum Gasteiger partial charge on any atom is 0.307 e. The number of thiophene rings is 1. The third-order valence-electron chi connectivity index (χ3n) is 5.37. The molecule has 5 nitrogen and oxygen atoms in total. The van der Waals surface area contributed by atoms with Crippen LogP contribution in [-0.2, 0) is 25.8 Å². The Balaban J connectivity index is 1.83. The number of nitrogens with zero attached hydrogens (tertiary/aromatic N) is 1. The standard InChI is InChI=1S/C22H28ClNO4S2/c1-3-5-18(24-27-12-17-7-8-21(23)30-17)22-19(26)10-16(11-20(22)28-14(2)25)15-6-4-9-29-13-15/h7-8,15-16H,3-6,9-13H2,1-2H3. The highest BCUT2D eigenvalue weighted by Crippen LogP contribution is 2.39. The molecule has 1 fully saturated rings. The first kappa shape index (κ1) is 23.4. The lowest BCUT2D eigenvalue weighted by Gasteiger charge is -2.33. The van der Waals surface area contributed by atoms with Crippen molar-refractivity contribution >= 4 is 52.2 Å². The highest BCUT2D eigenvalue weighted by atomic mass is 35.5. The number of thioether (sulfide) groups is 1. The van der Waals surface area contributed by atoms with Crippen molar-refractivity contribution < 1.29 is 19.2 Å². The summed E-state index contributed by atoms with van der Waals surface area (Å²) in [6.45, 7) is 3.69. The van der Waals surface area contributed by atoms with Crippen molar-refractivity contribution in [2.75, 3.05) is 11.5 Å². The van der Waals surface area contributed by atoms with Gasteiger partial charge in [0.2, 0.25) is 0 Å². The minimum atomic E-state index is -0.404. The number of rotatable bonds is 8. The van der Waals surface area contributed by atoms with Crippen molar-refractivity contribution in [1.82, 2.24) is 0 Å². The van der Waals surface area contributed by atoms with Gasteiger partial charge in [0.1, 0.15) is 5.76 Å². The molecule has 2 atom stereocenters. The molecule has 0 bridgehead atoms. The fourth-order valence-corrected chi connectivity index (χ4v) is 6.30. The van der Waals surface area contributed by atoms with Crippen LogP contribution in [0, 0.1) is 11.8 Å². The van der Waals surface area contributed by atoms with Gasteiger partial charge < -0.3 is 9.57 Å². The van der Waals surface area contributed by atoms with Gasteiger partial charge in [0.25, 0.3) is 0 Å². The fourth-order valence-electron chi connectivity index (χ4n) is 4.02. The van der Waals surface area contributed by atoms with Crippen molar-refractivity contribution in [2.24, 2.45) is 17.0 Å². The maximum absolute atomic E-state index is 13.2. The summed E-state index contributed by atoms with van der Waals surface area (Å²) in [5.41, 5.74) is 1.01. The number of carbonyl (C=O) groups is 2. The number of carbonyl (C=O) groups excluding carboxylic acids is 2. The minimum absolute atomic E-state index is 0.00745. The van der Waals surface area contributed by atoms with Gasteiger partial charge in [0, 0.05) is 24.6 Å². The molecular weight excluding hydrogens is 442 g/mol. The van der Waals surface area contributed by atoms with Gasteiger partial charge in [0.15, 0.2) is 12.4 Å². The summed E-state index contributed by atoms with van der Waals surface area (Å²) in [6.07, 6.45) is 4.79. The Bertz CT molecular complexity index is 827. The van der Waals surface area contributed by atoms with E-state index in [1.807, 2.05) is 30.8 Å². The number of halogens is 1. The van der Waals surface area contributed by atoms with E-state index in [1.54, 1.807) is 0 Å². The smallest absolute Gasteiger partial charge is 0.307 e. The van der Waals surface area contributed by atoms with Gasteiger partial charge in [-0.05, 0) is 54.7 Å². The van der Waals surface area contributed by atoms with Crippen molar-refractivity contribution in [3.05, 3.63) is 32.7 Å². The van der Waals surface area contributed by atoms with E-state index in [2.05, 4.69) is 5.16 Å². The molecule has 2 heterocycles. The first-order chi connectivity index (χ1) is 14.5. The number of hydrogen-bond acceptors (Lipinski definition) is 7. The molecule has 8 heteroatoms. The van der Waals surface area contributed by atoms with E-state index in [-0.39, 0.29) is 18.3 Å². The fraction of sp³-hybridized carbons (Fsp3) is 0.591. The number of ether oxygens (including phenoxy) is 1. The monoisotopic (exact) mass is 469 g/mol. The Morgan fingerprint density at radius 1 is 1.30 bits per heavy atom. The second-order valence-electron chi connectivity index (χ2n) is 7.73. The lowest BCUT2D eigenvalue weighted by atomic mass is 9.76. The van der Waals surface area contributed by atoms with E-state index in [0.717, 1.165) is 23.5 Å². The quantitative estimate of drug-likeness (QED) is 0.265. The van der Waals surface area contributed by atoms with E-state index in [0.29, 0.717) is 46.6 Å². The van der Waals surface area contributed by atoms with Gasteiger partial charge in [0.05, 0.1) is 15.6 Å². The van der Waals surface area contributed by atoms with Gasteiger partial charge in [-0.2, -0.15) is 11.8 Å². The zero-order valence-corrected chi connectivity index (χ0v) is 19.8. The number of Topliss-reactive ketones (excluding diaryl/α,β-unsaturated/α-hetero) is 1. The molecule has 3 rings (SSSR count). The zero-order chi connectivity index (χ0) is 21.5. The van der Waals surface area contributed by atoms with Crippen molar-refractivity contribution in [3.8, 4) is 0 Å². The summed E-state index contributed by atoms with van der Waals surface area (Å²) < 4.78 is 6.25. The molecule has 1 aliphatic heterocycles. The molecule has 0 radical (unpaired) electrons. The highest BCUT2D eigenvalue weighted by molar-refractivity contribution is 7.99. The minimum Gasteiger partial charge on any atom is -0.430 e. The van der Waals surface area contributed by atoms with E-state index < -0.39 is 5.97 Å². The molecule has 1 saturated heterocycles. The van der Waals surface area contributed by atoms with E-state index in [9.17, 15) is 9.59 Å². The van der Waals surface area contributed by atoms with E-state index in [4.69, 9.17) is 21.2 Å². The molecule has 0 spiro atoms. The van der Waals surface area contributed by atoms with Crippen LogP contribution >= 0.6 is 34.7 Å². The van der Waals surface area contributed by atoms with E-state index >= 15 is 0 Å². The average molecular weight is 470 g/mol. The Labute approximate surface area is 191 Å². The van der Waals surface area contributed by atoms with Crippen LogP contribution in [0.4, 0.5) is 0 Å². The first-order valence-electron chi connectivity index (χ1n) is 10.4. The molecule has 2 unspecified atom stereocenters. The summed E-state index contributed by atoms with van der Waals surface area (Å²) in [7, 11) is 0. The average Bonchev–Trinajstić information content (AvgIpc) is 3.12. The zero-order valence-electron chi connectivity index (χ0n) is 17.4. The Morgan fingerprint density at radius 3 is 2.77 bits per heavy atom. The number of allylic oxidation sites excluding steroid dienone is 2. The third-order valence-corrected chi connectivity index (χ3v) is 7.81. The largest absolute Gasteiger partial charge is 0.430 e. The Kier molecular flexibility index (Phi) is 8.84. The molecule has 0 saturated carbocycles. The number of ketones is 1. The number of hydrogen-bond donors (Lipinski definition) is 0. The van der Waals surface area contributed by atoms with Crippen molar-refractivity contribution in [1.29, 1.82) is 0 Å². The van der Waals surface area contributed by atoms with Crippen LogP contribution in [0.1, 0.15) is 57.2 Å². The molecular formula is C22H28ClNO4S2. The van der Waals surface area contributed by atoms with Crippen LogP contribution in [0.15, 0.2) is 28.6 Å². The van der Waals surface area contributed by atoms with Crippen LogP contribution < -0.4 is 0 Å². The van der Waals surface area contributed by atoms with E-state index in [1.165, 1.54) is 30.4 Å². The molecule has 1 aliphatic carbocycles. The predicted molar refractivity (Wildman–Crippen MR) is 123 cm³/mol. The SMILES string of the molecule is CCCC(=NOCc1ccc(Cl)s1)C1=C(OC(C)=O)CC(C2CCCSC2)CC1=O. The summed E-state index contributed by atoms with van der Waals surface area (Å²) in [5, 5.41) is 4.29. The van der Waals surface area contributed by atoms with Crippen LogP contribution in [0.5, 0.6) is 0 Å². The van der Waals surface area contributed by atoms with Gasteiger partial charge in [-0.25, -0.2) is 0 Å². The van der Waals surface area contributed by atoms with Crippen LogP contribution in [0.25, 0.3) is 0 Å². The molecule has 0 N–H and O–H groups in total. The molecule has 2 aliphatic rings. The molecule has 1 aromatic rings. The molecule has 0 amide bonds. The highest BCUT2D eigenvalue weighted by Gasteiger charge is 2.36. The predicted octanol–water partition coefficient (Wildman–Crippen LogP) is 6.01. The molecule has 30 heavy (non-hydrogen) atoms. The number of oxime groups is 1. The van der Waals surface area contributed by atoms with Crippen molar-refractivity contribution in [2.45, 2.75) is 59.0 Å². The lowest BCUT2D eigenvalue weighted by Crippen LogP contribution is -2.32. The molecule has 164 valence electrons.